The molecule has 0 aliphatic heterocycles. The Hall–Kier alpha value is -0.570. The summed E-state index contributed by atoms with van der Waals surface area (Å²) in [4.78, 5) is 12.9. The van der Waals surface area contributed by atoms with Crippen LogP contribution in [0.1, 0.15) is 12.0 Å². The number of alkyl halides is 2. The highest BCUT2D eigenvalue weighted by Crippen LogP contribution is 2.30. The monoisotopic (exact) mass is 334 g/mol. The lowest BCUT2D eigenvalue weighted by molar-refractivity contribution is -0.389. The molecule has 76 valence electrons. The molecular weight excluding hydrogens is 332 g/mol. The molecule has 0 amide bonds. The molecule has 0 saturated heterocycles. The molecule has 0 aliphatic carbocycles. The maximum Gasteiger partial charge on any atom is 0.383 e. The van der Waals surface area contributed by atoms with Crippen LogP contribution >= 0.6 is 34.2 Å². The molecule has 0 unspecified atom stereocenters. The lowest BCUT2D eigenvalue weighted by atomic mass is 10.3. The zero-order chi connectivity index (χ0) is 10.9. The van der Waals surface area contributed by atoms with Gasteiger partial charge in [0.25, 0.3) is 6.43 Å². The van der Waals surface area contributed by atoms with Crippen molar-refractivity contribution < 1.29 is 13.7 Å². The normalized spacial score (nSPS) is 10.6. The molecule has 0 saturated carbocycles. The van der Waals surface area contributed by atoms with Gasteiger partial charge in [0.1, 0.15) is 5.02 Å². The van der Waals surface area contributed by atoms with E-state index in [0.717, 1.165) is 6.07 Å². The average molecular weight is 334 g/mol. The smallest absolute Gasteiger partial charge is 0.358 e. The maximum absolute atomic E-state index is 12.3. The first kappa shape index (κ1) is 11.5. The summed E-state index contributed by atoms with van der Waals surface area (Å²) in [6, 6.07) is 0.860. The lowest BCUT2D eigenvalue weighted by Gasteiger charge is -2.00. The highest BCUT2D eigenvalue weighted by atomic mass is 127. The van der Waals surface area contributed by atoms with Gasteiger partial charge in [0.15, 0.2) is 0 Å². The van der Waals surface area contributed by atoms with Gasteiger partial charge in [-0.2, -0.15) is 0 Å². The lowest BCUT2D eigenvalue weighted by Crippen LogP contribution is -1.99. The van der Waals surface area contributed by atoms with E-state index in [0.29, 0.717) is 0 Å². The number of rotatable bonds is 2. The summed E-state index contributed by atoms with van der Waals surface area (Å²) in [6.45, 7) is 0. The highest BCUT2D eigenvalue weighted by molar-refractivity contribution is 14.1. The minimum Gasteiger partial charge on any atom is -0.358 e. The van der Waals surface area contributed by atoms with Crippen molar-refractivity contribution >= 4 is 40.0 Å². The molecule has 0 bridgehead atoms. The van der Waals surface area contributed by atoms with Gasteiger partial charge in [0.05, 0.1) is 5.56 Å². The second-order valence-corrected chi connectivity index (χ2v) is 3.66. The Morgan fingerprint density at radius 1 is 1.64 bits per heavy atom. The summed E-state index contributed by atoms with van der Waals surface area (Å²) in [5.74, 6) is -0.611. The zero-order valence-corrected chi connectivity index (χ0v) is 9.29. The van der Waals surface area contributed by atoms with Gasteiger partial charge in [-0.15, -0.1) is 0 Å². The fourth-order valence-corrected chi connectivity index (χ4v) is 1.60. The van der Waals surface area contributed by atoms with Crippen LogP contribution in [0.25, 0.3) is 0 Å². The summed E-state index contributed by atoms with van der Waals surface area (Å²) in [6.07, 6.45) is -2.74. The van der Waals surface area contributed by atoms with Crippen LogP contribution < -0.4 is 0 Å². The van der Waals surface area contributed by atoms with Crippen molar-refractivity contribution in [3.63, 3.8) is 0 Å². The first-order valence-corrected chi connectivity index (χ1v) is 4.67. The standard InChI is InChI=1S/C6H2ClF2IN2O2/c7-3-1-2(4(8)9)5(10)11-6(3)12(13)14/h1,4H. The minimum absolute atomic E-state index is 0.117. The van der Waals surface area contributed by atoms with Gasteiger partial charge in [-0.1, -0.05) is 11.6 Å². The molecule has 0 spiro atoms. The number of pyridine rings is 1. The van der Waals surface area contributed by atoms with Crippen LogP contribution in [0.3, 0.4) is 0 Å². The Bertz CT molecular complexity index is 388. The predicted molar refractivity (Wildman–Crippen MR) is 53.6 cm³/mol. The molecule has 0 radical (unpaired) electrons. The fraction of sp³-hybridized carbons (Fsp3) is 0.167. The third-order valence-corrected chi connectivity index (χ3v) is 2.49. The molecule has 0 atom stereocenters. The van der Waals surface area contributed by atoms with Gasteiger partial charge in [-0.05, 0) is 16.0 Å². The summed E-state index contributed by atoms with van der Waals surface area (Å²) in [7, 11) is 0. The Balaban J connectivity index is 3.31. The summed E-state index contributed by atoms with van der Waals surface area (Å²) in [5.41, 5.74) is -0.402. The molecule has 0 fully saturated rings. The van der Waals surface area contributed by atoms with Crippen LogP contribution in [0.2, 0.25) is 5.02 Å². The number of nitro groups is 1. The number of aromatic nitrogens is 1. The zero-order valence-electron chi connectivity index (χ0n) is 6.38. The number of nitrogens with zero attached hydrogens (tertiary/aromatic N) is 2. The van der Waals surface area contributed by atoms with E-state index in [1.807, 2.05) is 0 Å². The Kier molecular flexibility index (Phi) is 3.53. The largest absolute Gasteiger partial charge is 0.383 e. The first-order chi connectivity index (χ1) is 6.43. The van der Waals surface area contributed by atoms with E-state index in [1.54, 1.807) is 0 Å². The van der Waals surface area contributed by atoms with Gasteiger partial charge in [-0.25, -0.2) is 8.78 Å². The van der Waals surface area contributed by atoms with Crippen LogP contribution in [0, 0.1) is 13.8 Å². The molecule has 0 N–H and O–H groups in total. The van der Waals surface area contributed by atoms with Gasteiger partial charge in [0.2, 0.25) is 3.70 Å². The second-order valence-electron chi connectivity index (χ2n) is 2.23. The predicted octanol–water partition coefficient (Wildman–Crippen LogP) is 3.19. The van der Waals surface area contributed by atoms with Gasteiger partial charge in [0, 0.05) is 22.6 Å². The Labute approximate surface area is 95.6 Å². The molecule has 1 aromatic heterocycles. The summed E-state index contributed by atoms with van der Waals surface area (Å²) in [5, 5.41) is 9.94. The van der Waals surface area contributed by atoms with Gasteiger partial charge >= 0.3 is 5.82 Å². The van der Waals surface area contributed by atoms with Crippen LogP contribution in [0.5, 0.6) is 0 Å². The molecule has 1 aromatic rings. The topological polar surface area (TPSA) is 56.0 Å². The quantitative estimate of drug-likeness (QED) is 0.361. The minimum atomic E-state index is -2.74. The van der Waals surface area contributed by atoms with Crippen molar-refractivity contribution in [1.29, 1.82) is 0 Å². The second kappa shape index (κ2) is 4.30. The van der Waals surface area contributed by atoms with Crippen LogP contribution in [0.4, 0.5) is 14.6 Å². The van der Waals surface area contributed by atoms with Crippen LogP contribution in [-0.4, -0.2) is 9.91 Å². The van der Waals surface area contributed by atoms with E-state index in [4.69, 9.17) is 11.6 Å². The highest BCUT2D eigenvalue weighted by Gasteiger charge is 2.23. The van der Waals surface area contributed by atoms with Crippen molar-refractivity contribution in [2.45, 2.75) is 6.43 Å². The maximum atomic E-state index is 12.3. The molecule has 14 heavy (non-hydrogen) atoms. The van der Waals surface area contributed by atoms with Crippen molar-refractivity contribution in [2.24, 2.45) is 0 Å². The third-order valence-electron chi connectivity index (χ3n) is 1.35. The molecule has 8 heteroatoms. The SMILES string of the molecule is O=[N+]([O-])c1nc(I)c(C(F)F)cc1Cl. The number of hydrogen-bond acceptors (Lipinski definition) is 3. The van der Waals surface area contributed by atoms with E-state index in [1.165, 1.54) is 22.6 Å². The van der Waals surface area contributed by atoms with Crippen molar-refractivity contribution in [1.82, 2.24) is 4.98 Å². The first-order valence-electron chi connectivity index (χ1n) is 3.22. The van der Waals surface area contributed by atoms with Crippen molar-refractivity contribution in [3.05, 3.63) is 30.5 Å². The Morgan fingerprint density at radius 3 is 2.64 bits per heavy atom. The van der Waals surface area contributed by atoms with Gasteiger partial charge < -0.3 is 10.1 Å². The molecule has 0 aliphatic rings. The van der Waals surface area contributed by atoms with E-state index in [2.05, 4.69) is 4.98 Å². The summed E-state index contributed by atoms with van der Waals surface area (Å²) >= 11 is 6.90. The molecular formula is C6H2ClF2IN2O2. The summed E-state index contributed by atoms with van der Waals surface area (Å²) < 4.78 is 24.4. The van der Waals surface area contributed by atoms with E-state index in [-0.39, 0.29) is 8.72 Å². The van der Waals surface area contributed by atoms with E-state index < -0.39 is 22.7 Å². The molecule has 1 rings (SSSR count). The molecule has 0 aromatic carbocycles. The number of halogens is 4. The average Bonchev–Trinajstić information content (AvgIpc) is 2.07. The van der Waals surface area contributed by atoms with Crippen molar-refractivity contribution in [3.8, 4) is 0 Å². The van der Waals surface area contributed by atoms with Crippen molar-refractivity contribution in [2.75, 3.05) is 0 Å². The molecule has 4 nitrogen and oxygen atoms in total. The molecule has 1 heterocycles. The fourth-order valence-electron chi connectivity index (χ4n) is 0.753. The van der Waals surface area contributed by atoms with E-state index in [9.17, 15) is 18.9 Å². The van der Waals surface area contributed by atoms with E-state index >= 15 is 0 Å². The van der Waals surface area contributed by atoms with Crippen LogP contribution in [-0.2, 0) is 0 Å². The number of hydrogen-bond donors (Lipinski definition) is 0. The third kappa shape index (κ3) is 2.27. The van der Waals surface area contributed by atoms with Crippen LogP contribution in [0.15, 0.2) is 6.07 Å². The van der Waals surface area contributed by atoms with Gasteiger partial charge in [-0.3, -0.25) is 0 Å². The Morgan fingerprint density at radius 2 is 2.21 bits per heavy atom.